The predicted octanol–water partition coefficient (Wildman–Crippen LogP) is -0.728. The maximum Gasteiger partial charge on any atom is 0.127 e. The van der Waals surface area contributed by atoms with Crippen molar-refractivity contribution < 1.29 is 5.11 Å². The lowest BCUT2D eigenvalue weighted by atomic mass is 10.2. The Labute approximate surface area is 72.9 Å². The van der Waals surface area contributed by atoms with Crippen LogP contribution < -0.4 is 16.8 Å². The molecule has 4 nitrogen and oxygen atoms in total. The molecule has 70 valence electrons. The third-order valence-electron chi connectivity index (χ3n) is 1.38. The van der Waals surface area contributed by atoms with Crippen LogP contribution in [0.2, 0.25) is 0 Å². The molecule has 0 bridgehead atoms. The Kier molecular flexibility index (Phi) is 6.37. The van der Waals surface area contributed by atoms with Crippen LogP contribution in [0.1, 0.15) is 6.92 Å². The maximum atomic E-state index is 9.37. The van der Waals surface area contributed by atoms with Gasteiger partial charge in [-0.3, -0.25) is 5.32 Å². The van der Waals surface area contributed by atoms with Crippen LogP contribution in [0.15, 0.2) is 23.9 Å². The van der Waals surface area contributed by atoms with Gasteiger partial charge in [0.15, 0.2) is 0 Å². The Hall–Kier alpha value is -0.840. The second-order valence-corrected chi connectivity index (χ2v) is 2.44. The average Bonchev–Trinajstić information content (AvgIpc) is 2.10. The second-order valence-electron chi connectivity index (χ2n) is 2.44. The molecule has 1 unspecified atom stereocenters. The van der Waals surface area contributed by atoms with Gasteiger partial charge < -0.3 is 16.6 Å². The molecule has 1 atom stereocenters. The number of rotatable bonds is 5. The molecule has 0 spiro atoms. The largest absolute Gasteiger partial charge is 0.405 e. The van der Waals surface area contributed by atoms with Crippen LogP contribution in [0.4, 0.5) is 0 Å². The van der Waals surface area contributed by atoms with Gasteiger partial charge in [0.2, 0.25) is 0 Å². The fraction of sp³-hybridized carbons (Fsp3) is 0.500. The highest BCUT2D eigenvalue weighted by Crippen LogP contribution is 1.97. The van der Waals surface area contributed by atoms with E-state index in [1.54, 1.807) is 12.2 Å². The molecule has 0 radical (unpaired) electrons. The van der Waals surface area contributed by atoms with Crippen LogP contribution in [-0.4, -0.2) is 24.4 Å². The topological polar surface area (TPSA) is 84.3 Å². The van der Waals surface area contributed by atoms with E-state index in [2.05, 4.69) is 5.32 Å². The van der Waals surface area contributed by atoms with Gasteiger partial charge in [0.25, 0.3) is 0 Å². The molecule has 0 aliphatic rings. The number of hydrogen-bond donors (Lipinski definition) is 4. The van der Waals surface area contributed by atoms with Crippen molar-refractivity contribution in [2.45, 2.75) is 13.2 Å². The highest BCUT2D eigenvalue weighted by Gasteiger charge is 2.01. The maximum absolute atomic E-state index is 9.37. The molecule has 4 heteroatoms. The van der Waals surface area contributed by atoms with Crippen molar-refractivity contribution in [3.05, 3.63) is 23.9 Å². The lowest BCUT2D eigenvalue weighted by molar-refractivity contribution is 0.174. The van der Waals surface area contributed by atoms with Crippen molar-refractivity contribution in [3.8, 4) is 0 Å². The fourth-order valence-corrected chi connectivity index (χ4v) is 0.680. The molecule has 6 N–H and O–H groups in total. The zero-order chi connectivity index (χ0) is 9.40. The quantitative estimate of drug-likeness (QED) is 0.324. The fourth-order valence-electron chi connectivity index (χ4n) is 0.680. The highest BCUT2D eigenvalue weighted by molar-refractivity contribution is 5.12. The molecular weight excluding hydrogens is 154 g/mol. The van der Waals surface area contributed by atoms with E-state index in [-0.39, 0.29) is 0 Å². The minimum Gasteiger partial charge on any atom is -0.405 e. The molecular formula is C8H17N3O. The van der Waals surface area contributed by atoms with Crippen LogP contribution in [0.5, 0.6) is 0 Å². The molecule has 0 amide bonds. The van der Waals surface area contributed by atoms with Gasteiger partial charge in [-0.1, -0.05) is 6.08 Å². The first-order valence-electron chi connectivity index (χ1n) is 3.89. The van der Waals surface area contributed by atoms with E-state index in [9.17, 15) is 5.11 Å². The summed E-state index contributed by atoms with van der Waals surface area (Å²) in [6.07, 6.45) is 4.19. The third kappa shape index (κ3) is 4.90. The molecule has 0 aromatic carbocycles. The Balaban J connectivity index is 3.82. The van der Waals surface area contributed by atoms with E-state index >= 15 is 0 Å². The summed E-state index contributed by atoms with van der Waals surface area (Å²) in [4.78, 5) is 0. The predicted molar refractivity (Wildman–Crippen MR) is 50.1 cm³/mol. The molecule has 12 heavy (non-hydrogen) atoms. The van der Waals surface area contributed by atoms with Gasteiger partial charge in [-0.2, -0.15) is 0 Å². The summed E-state index contributed by atoms with van der Waals surface area (Å²) >= 11 is 0. The van der Waals surface area contributed by atoms with Gasteiger partial charge in [-0.15, -0.1) is 0 Å². The second kappa shape index (κ2) is 6.84. The lowest BCUT2D eigenvalue weighted by Crippen LogP contribution is -2.33. The van der Waals surface area contributed by atoms with E-state index in [0.29, 0.717) is 13.1 Å². The number of nitrogens with two attached hydrogens (primary N) is 2. The molecule has 0 aromatic rings. The van der Waals surface area contributed by atoms with Crippen molar-refractivity contribution in [3.63, 3.8) is 0 Å². The molecule has 0 saturated carbocycles. The Morgan fingerprint density at radius 2 is 2.33 bits per heavy atom. The number of hydrogen-bond acceptors (Lipinski definition) is 4. The Morgan fingerprint density at radius 3 is 2.83 bits per heavy atom. The van der Waals surface area contributed by atoms with Gasteiger partial charge in [0, 0.05) is 13.1 Å². The molecule has 0 saturated heterocycles. The molecule has 0 aliphatic heterocycles. The van der Waals surface area contributed by atoms with E-state index in [1.807, 2.05) is 6.92 Å². The molecule has 0 rings (SSSR count). The number of nitrogens with one attached hydrogen (secondary N) is 1. The van der Waals surface area contributed by atoms with Gasteiger partial charge >= 0.3 is 0 Å². The number of allylic oxidation sites excluding steroid dienone is 2. The SMILES string of the molecule is C/C(=C\C=C\N)C(O)NCCN. The van der Waals surface area contributed by atoms with Crippen LogP contribution in [0.25, 0.3) is 0 Å². The van der Waals surface area contributed by atoms with Crippen LogP contribution in [0.3, 0.4) is 0 Å². The van der Waals surface area contributed by atoms with E-state index in [4.69, 9.17) is 11.5 Å². The summed E-state index contributed by atoms with van der Waals surface area (Å²) < 4.78 is 0. The van der Waals surface area contributed by atoms with Gasteiger partial charge in [-0.05, 0) is 24.8 Å². The molecule has 0 heterocycles. The normalized spacial score (nSPS) is 15.4. The smallest absolute Gasteiger partial charge is 0.127 e. The summed E-state index contributed by atoms with van der Waals surface area (Å²) in [7, 11) is 0. The van der Waals surface area contributed by atoms with Crippen LogP contribution in [0, 0.1) is 0 Å². The molecule has 0 aliphatic carbocycles. The van der Waals surface area contributed by atoms with Gasteiger partial charge in [0.1, 0.15) is 6.23 Å². The van der Waals surface area contributed by atoms with E-state index in [1.165, 1.54) is 6.20 Å². The van der Waals surface area contributed by atoms with Crippen molar-refractivity contribution in [2.75, 3.05) is 13.1 Å². The monoisotopic (exact) mass is 171 g/mol. The Bertz CT molecular complexity index is 166. The third-order valence-corrected chi connectivity index (χ3v) is 1.38. The van der Waals surface area contributed by atoms with Crippen molar-refractivity contribution in [1.29, 1.82) is 0 Å². The number of aliphatic hydroxyl groups excluding tert-OH is 1. The van der Waals surface area contributed by atoms with Crippen molar-refractivity contribution >= 4 is 0 Å². The zero-order valence-electron chi connectivity index (χ0n) is 7.33. The zero-order valence-corrected chi connectivity index (χ0v) is 7.33. The first-order valence-corrected chi connectivity index (χ1v) is 3.89. The first-order chi connectivity index (χ1) is 5.72. The Morgan fingerprint density at radius 1 is 1.67 bits per heavy atom. The first kappa shape index (κ1) is 11.2. The standard InChI is InChI=1S/C8H17N3O/c1-7(3-2-4-9)8(12)11-6-5-10/h2-4,8,11-12H,5-6,9-10H2,1H3/b4-2+,7-3+. The van der Waals surface area contributed by atoms with Crippen LogP contribution in [-0.2, 0) is 0 Å². The lowest BCUT2D eigenvalue weighted by Gasteiger charge is -2.11. The van der Waals surface area contributed by atoms with Crippen LogP contribution >= 0.6 is 0 Å². The van der Waals surface area contributed by atoms with Crippen molar-refractivity contribution in [2.24, 2.45) is 11.5 Å². The molecule has 0 aromatic heterocycles. The summed E-state index contributed by atoms with van der Waals surface area (Å²) in [5.41, 5.74) is 11.2. The average molecular weight is 171 g/mol. The van der Waals surface area contributed by atoms with E-state index in [0.717, 1.165) is 5.57 Å². The van der Waals surface area contributed by atoms with Gasteiger partial charge in [0.05, 0.1) is 0 Å². The minimum atomic E-state index is -0.634. The van der Waals surface area contributed by atoms with E-state index < -0.39 is 6.23 Å². The highest BCUT2D eigenvalue weighted by atomic mass is 16.3. The van der Waals surface area contributed by atoms with Crippen molar-refractivity contribution in [1.82, 2.24) is 5.32 Å². The minimum absolute atomic E-state index is 0.511. The summed E-state index contributed by atoms with van der Waals surface area (Å²) in [6.45, 7) is 2.92. The summed E-state index contributed by atoms with van der Waals surface area (Å²) in [6, 6.07) is 0. The van der Waals surface area contributed by atoms with Gasteiger partial charge in [-0.25, -0.2) is 0 Å². The number of aliphatic hydroxyl groups is 1. The molecule has 0 fully saturated rings. The summed E-state index contributed by atoms with van der Waals surface area (Å²) in [5, 5.41) is 12.2. The summed E-state index contributed by atoms with van der Waals surface area (Å²) in [5.74, 6) is 0.